The molecule has 0 unspecified atom stereocenters. The van der Waals surface area contributed by atoms with Gasteiger partial charge in [0.2, 0.25) is 0 Å². The normalized spacial score (nSPS) is 14.0. The monoisotopic (exact) mass is 313 g/mol. The van der Waals surface area contributed by atoms with E-state index in [0.717, 1.165) is 11.3 Å². The van der Waals surface area contributed by atoms with Crippen LogP contribution in [-0.4, -0.2) is 26.2 Å². The van der Waals surface area contributed by atoms with Crippen LogP contribution in [0.1, 0.15) is 28.9 Å². The average Bonchev–Trinajstić information content (AvgIpc) is 2.61. The fourth-order valence-corrected chi connectivity index (χ4v) is 2.46. The number of amides is 1. The third-order valence-corrected chi connectivity index (χ3v) is 3.75. The molecule has 0 radical (unpaired) electrons. The summed E-state index contributed by atoms with van der Waals surface area (Å²) in [4.78, 5) is 12.4. The molecule has 1 amide bonds. The molecule has 0 fully saturated rings. The van der Waals surface area contributed by atoms with Crippen LogP contribution in [0.4, 0.5) is 0 Å². The smallest absolute Gasteiger partial charge is 0.251 e. The van der Waals surface area contributed by atoms with Crippen molar-refractivity contribution < 1.29 is 19.0 Å². The van der Waals surface area contributed by atoms with Crippen molar-refractivity contribution >= 4 is 5.91 Å². The molecular weight excluding hydrogens is 294 g/mol. The summed E-state index contributed by atoms with van der Waals surface area (Å²) in [7, 11) is 1.62. The Morgan fingerprint density at radius 1 is 1.13 bits per heavy atom. The SMILES string of the molecule is COc1cccc([C@@H](C)NC(=O)c2ccc3c(c2)OCCO3)c1. The van der Waals surface area contributed by atoms with Crippen LogP contribution in [0.5, 0.6) is 17.2 Å². The Kier molecular flexibility index (Phi) is 4.37. The molecule has 3 rings (SSSR count). The summed E-state index contributed by atoms with van der Waals surface area (Å²) < 4.78 is 16.2. The van der Waals surface area contributed by atoms with Gasteiger partial charge in [-0.3, -0.25) is 4.79 Å². The van der Waals surface area contributed by atoms with Crippen LogP contribution < -0.4 is 19.5 Å². The maximum absolute atomic E-state index is 12.4. The second kappa shape index (κ2) is 6.60. The maximum atomic E-state index is 12.4. The second-order valence-corrected chi connectivity index (χ2v) is 5.33. The molecule has 1 heterocycles. The fourth-order valence-electron chi connectivity index (χ4n) is 2.46. The van der Waals surface area contributed by atoms with Gasteiger partial charge in [0.15, 0.2) is 11.5 Å². The standard InChI is InChI=1S/C18H19NO4/c1-12(13-4-3-5-15(10-13)21-2)19-18(20)14-6-7-16-17(11-14)23-9-8-22-16/h3-7,10-12H,8-9H2,1-2H3,(H,19,20)/t12-/m1/s1. The lowest BCUT2D eigenvalue weighted by Crippen LogP contribution is -2.27. The molecule has 0 saturated heterocycles. The minimum atomic E-state index is -0.155. The lowest BCUT2D eigenvalue weighted by Gasteiger charge is -2.19. The first-order valence-corrected chi connectivity index (χ1v) is 7.52. The van der Waals surface area contributed by atoms with Gasteiger partial charge in [0.25, 0.3) is 5.91 Å². The molecule has 1 N–H and O–H groups in total. The van der Waals surface area contributed by atoms with Crippen LogP contribution in [0, 0.1) is 0 Å². The first-order valence-electron chi connectivity index (χ1n) is 7.52. The van der Waals surface area contributed by atoms with E-state index in [2.05, 4.69) is 5.32 Å². The van der Waals surface area contributed by atoms with Crippen LogP contribution in [0.3, 0.4) is 0 Å². The van der Waals surface area contributed by atoms with Crippen molar-refractivity contribution in [2.45, 2.75) is 13.0 Å². The van der Waals surface area contributed by atoms with Gasteiger partial charge in [-0.25, -0.2) is 0 Å². The molecular formula is C18H19NO4. The number of carbonyl (C=O) groups is 1. The number of carbonyl (C=O) groups excluding carboxylic acids is 1. The van der Waals surface area contributed by atoms with E-state index >= 15 is 0 Å². The summed E-state index contributed by atoms with van der Waals surface area (Å²) in [6.07, 6.45) is 0. The van der Waals surface area contributed by atoms with E-state index < -0.39 is 0 Å². The zero-order valence-electron chi connectivity index (χ0n) is 13.2. The van der Waals surface area contributed by atoms with E-state index in [0.29, 0.717) is 30.3 Å². The number of methoxy groups -OCH3 is 1. The van der Waals surface area contributed by atoms with Gasteiger partial charge in [0.05, 0.1) is 13.2 Å². The lowest BCUT2D eigenvalue weighted by molar-refractivity contribution is 0.0938. The Hall–Kier alpha value is -2.69. The summed E-state index contributed by atoms with van der Waals surface area (Å²) in [5.41, 5.74) is 1.53. The Morgan fingerprint density at radius 3 is 2.70 bits per heavy atom. The molecule has 1 aliphatic rings. The zero-order chi connectivity index (χ0) is 16.2. The van der Waals surface area contributed by atoms with Crippen molar-refractivity contribution in [3.63, 3.8) is 0 Å². The predicted molar refractivity (Wildman–Crippen MR) is 86.3 cm³/mol. The van der Waals surface area contributed by atoms with Gasteiger partial charge in [0.1, 0.15) is 19.0 Å². The van der Waals surface area contributed by atoms with Gasteiger partial charge in [-0.05, 0) is 42.8 Å². The molecule has 5 heteroatoms. The molecule has 0 spiro atoms. The fraction of sp³-hybridized carbons (Fsp3) is 0.278. The number of ether oxygens (including phenoxy) is 3. The third kappa shape index (κ3) is 3.39. The minimum absolute atomic E-state index is 0.134. The lowest BCUT2D eigenvalue weighted by atomic mass is 10.1. The van der Waals surface area contributed by atoms with E-state index in [1.165, 1.54) is 0 Å². The highest BCUT2D eigenvalue weighted by Crippen LogP contribution is 2.31. The maximum Gasteiger partial charge on any atom is 0.251 e. The summed E-state index contributed by atoms with van der Waals surface area (Å²) >= 11 is 0. The zero-order valence-corrected chi connectivity index (χ0v) is 13.2. The van der Waals surface area contributed by atoms with Crippen LogP contribution in [0.15, 0.2) is 42.5 Å². The molecule has 0 saturated carbocycles. The molecule has 23 heavy (non-hydrogen) atoms. The van der Waals surface area contributed by atoms with Gasteiger partial charge in [-0.15, -0.1) is 0 Å². The van der Waals surface area contributed by atoms with Crippen LogP contribution in [0.2, 0.25) is 0 Å². The van der Waals surface area contributed by atoms with E-state index in [9.17, 15) is 4.79 Å². The first-order chi connectivity index (χ1) is 11.2. The minimum Gasteiger partial charge on any atom is -0.497 e. The van der Waals surface area contributed by atoms with E-state index in [-0.39, 0.29) is 11.9 Å². The van der Waals surface area contributed by atoms with Crippen molar-refractivity contribution in [2.75, 3.05) is 20.3 Å². The van der Waals surface area contributed by atoms with Crippen molar-refractivity contribution in [1.29, 1.82) is 0 Å². The summed E-state index contributed by atoms with van der Waals surface area (Å²) in [6, 6.07) is 12.7. The topological polar surface area (TPSA) is 56.8 Å². The highest BCUT2D eigenvalue weighted by molar-refractivity contribution is 5.95. The highest BCUT2D eigenvalue weighted by Gasteiger charge is 2.16. The number of hydrogen-bond acceptors (Lipinski definition) is 4. The highest BCUT2D eigenvalue weighted by atomic mass is 16.6. The quantitative estimate of drug-likeness (QED) is 0.943. The molecule has 120 valence electrons. The summed E-state index contributed by atoms with van der Waals surface area (Å²) in [5.74, 6) is 1.90. The largest absolute Gasteiger partial charge is 0.497 e. The summed E-state index contributed by atoms with van der Waals surface area (Å²) in [6.45, 7) is 2.97. The van der Waals surface area contributed by atoms with E-state index in [4.69, 9.17) is 14.2 Å². The molecule has 5 nitrogen and oxygen atoms in total. The van der Waals surface area contributed by atoms with Crippen LogP contribution >= 0.6 is 0 Å². The van der Waals surface area contributed by atoms with Gasteiger partial charge < -0.3 is 19.5 Å². The van der Waals surface area contributed by atoms with Gasteiger partial charge in [-0.1, -0.05) is 12.1 Å². The van der Waals surface area contributed by atoms with Crippen molar-refractivity contribution in [3.8, 4) is 17.2 Å². The Morgan fingerprint density at radius 2 is 1.91 bits per heavy atom. The number of nitrogens with one attached hydrogen (secondary N) is 1. The molecule has 0 aromatic heterocycles. The van der Waals surface area contributed by atoms with Gasteiger partial charge >= 0.3 is 0 Å². The van der Waals surface area contributed by atoms with Crippen LogP contribution in [-0.2, 0) is 0 Å². The second-order valence-electron chi connectivity index (χ2n) is 5.33. The molecule has 0 aliphatic carbocycles. The van der Waals surface area contributed by atoms with Crippen molar-refractivity contribution in [2.24, 2.45) is 0 Å². The molecule has 1 atom stereocenters. The average molecular weight is 313 g/mol. The Labute approximate surface area is 135 Å². The van der Waals surface area contributed by atoms with Crippen molar-refractivity contribution in [1.82, 2.24) is 5.32 Å². The van der Waals surface area contributed by atoms with E-state index in [1.54, 1.807) is 25.3 Å². The van der Waals surface area contributed by atoms with Gasteiger partial charge in [0, 0.05) is 5.56 Å². The Bertz CT molecular complexity index is 714. The van der Waals surface area contributed by atoms with Crippen molar-refractivity contribution in [3.05, 3.63) is 53.6 Å². The Balaban J connectivity index is 1.73. The number of fused-ring (bicyclic) bond motifs is 1. The molecule has 1 aliphatic heterocycles. The third-order valence-electron chi connectivity index (χ3n) is 3.75. The molecule has 2 aromatic carbocycles. The number of benzene rings is 2. The summed E-state index contributed by atoms with van der Waals surface area (Å²) in [5, 5.41) is 2.98. The van der Waals surface area contributed by atoms with E-state index in [1.807, 2.05) is 31.2 Å². The first kappa shape index (κ1) is 15.2. The number of rotatable bonds is 4. The molecule has 0 bridgehead atoms. The number of hydrogen-bond donors (Lipinski definition) is 1. The predicted octanol–water partition coefficient (Wildman–Crippen LogP) is 2.96. The van der Waals surface area contributed by atoms with Crippen LogP contribution in [0.25, 0.3) is 0 Å². The van der Waals surface area contributed by atoms with Gasteiger partial charge in [-0.2, -0.15) is 0 Å². The molecule has 2 aromatic rings.